The molecule has 0 aliphatic rings. The van der Waals surface area contributed by atoms with Crippen molar-refractivity contribution < 1.29 is 14.2 Å². The summed E-state index contributed by atoms with van der Waals surface area (Å²) in [5.41, 5.74) is 3.37. The molecule has 0 unspecified atom stereocenters. The molecule has 146 valence electrons. The zero-order valence-electron chi connectivity index (χ0n) is 16.3. The largest absolute Gasteiger partial charge is 0.343 e. The van der Waals surface area contributed by atoms with Gasteiger partial charge in [-0.3, -0.25) is 9.78 Å². The van der Waals surface area contributed by atoms with Crippen molar-refractivity contribution in [3.63, 3.8) is 0 Å². The molecular weight excluding hydrogens is 374 g/mol. The van der Waals surface area contributed by atoms with Gasteiger partial charge in [0.15, 0.2) is 17.9 Å². The van der Waals surface area contributed by atoms with E-state index in [-0.39, 0.29) is 5.91 Å². The zero-order valence-corrected chi connectivity index (χ0v) is 16.3. The first-order chi connectivity index (χ1) is 14.8. The quantitative estimate of drug-likeness (QED) is 0.449. The first-order valence-electron chi connectivity index (χ1n) is 9.86. The van der Waals surface area contributed by atoms with Crippen LogP contribution in [-0.4, -0.2) is 15.9 Å². The number of aromatic amines is 2. The Balaban J connectivity index is 1.43. The summed E-state index contributed by atoms with van der Waals surface area (Å²) in [6.45, 7) is 0.362. The summed E-state index contributed by atoms with van der Waals surface area (Å²) in [4.78, 5) is 23.9. The second-order valence-corrected chi connectivity index (χ2v) is 7.15. The van der Waals surface area contributed by atoms with E-state index in [0.29, 0.717) is 18.7 Å². The van der Waals surface area contributed by atoms with Gasteiger partial charge in [-0.25, -0.2) is 9.97 Å². The Hall–Kier alpha value is -4.06. The van der Waals surface area contributed by atoms with Gasteiger partial charge in [0.1, 0.15) is 0 Å². The fraction of sp³-hybridized carbons (Fsp3) is 0.0833. The van der Waals surface area contributed by atoms with Gasteiger partial charge in [-0.2, -0.15) is 4.40 Å². The van der Waals surface area contributed by atoms with Crippen molar-refractivity contribution in [1.82, 2.24) is 15.3 Å². The molecule has 0 saturated carbocycles. The van der Waals surface area contributed by atoms with Crippen LogP contribution in [0.4, 0.5) is 0 Å². The van der Waals surface area contributed by atoms with Gasteiger partial charge in [0, 0.05) is 23.2 Å². The number of imidazole rings is 1. The molecule has 3 N–H and O–H groups in total. The average molecular weight is 395 g/mol. The number of hydrogen-bond donors (Lipinski definition) is 2. The Morgan fingerprint density at radius 3 is 2.87 bits per heavy atom. The number of carbonyl (C=O) groups excluding carboxylic acids is 1. The molecule has 0 saturated heterocycles. The normalized spacial score (nSPS) is 11.1. The van der Waals surface area contributed by atoms with Gasteiger partial charge in [0.05, 0.1) is 24.9 Å². The van der Waals surface area contributed by atoms with Crippen LogP contribution in [0.1, 0.15) is 27.6 Å². The van der Waals surface area contributed by atoms with E-state index in [9.17, 15) is 4.79 Å². The van der Waals surface area contributed by atoms with Gasteiger partial charge in [-0.1, -0.05) is 30.3 Å². The lowest BCUT2D eigenvalue weighted by Gasteiger charge is -2.06. The van der Waals surface area contributed by atoms with Gasteiger partial charge in [-0.15, -0.1) is 0 Å². The number of H-pyrrole nitrogens is 2. The second-order valence-electron chi connectivity index (χ2n) is 7.15. The summed E-state index contributed by atoms with van der Waals surface area (Å²) < 4.78 is 2.03. The molecule has 0 atom stereocenters. The standard InChI is InChI=1S/C24H19N5O/c30-24(27-16-20-19-8-2-1-7-18(19)10-12-26-20)23-21-9-3-4-13-29(21)22(28-23)14-17-6-5-11-25-15-17/h1-13,15H,14,16H2,(H,27,30)/p+2. The molecule has 5 aromatic rings. The summed E-state index contributed by atoms with van der Waals surface area (Å²) in [6.07, 6.45) is 8.27. The number of nitrogens with one attached hydrogen (secondary N) is 3. The maximum atomic E-state index is 13.0. The lowest BCUT2D eigenvalue weighted by molar-refractivity contribution is -0.520. The van der Waals surface area contributed by atoms with Crippen LogP contribution in [0.2, 0.25) is 0 Å². The Kier molecular flexibility index (Phi) is 4.65. The van der Waals surface area contributed by atoms with Gasteiger partial charge < -0.3 is 5.32 Å². The molecule has 4 heterocycles. The van der Waals surface area contributed by atoms with Crippen molar-refractivity contribution in [2.45, 2.75) is 13.0 Å². The van der Waals surface area contributed by atoms with E-state index in [1.807, 2.05) is 77.6 Å². The van der Waals surface area contributed by atoms with Crippen molar-refractivity contribution in [1.29, 1.82) is 0 Å². The van der Waals surface area contributed by atoms with Crippen LogP contribution in [0.15, 0.2) is 85.5 Å². The second kappa shape index (κ2) is 7.75. The van der Waals surface area contributed by atoms with Crippen LogP contribution in [0.25, 0.3) is 16.3 Å². The molecule has 0 aliphatic heterocycles. The first-order valence-corrected chi connectivity index (χ1v) is 9.86. The van der Waals surface area contributed by atoms with E-state index in [1.54, 1.807) is 6.20 Å². The van der Waals surface area contributed by atoms with Crippen LogP contribution < -0.4 is 14.7 Å². The summed E-state index contributed by atoms with van der Waals surface area (Å²) in [7, 11) is 0. The summed E-state index contributed by atoms with van der Waals surface area (Å²) in [5, 5.41) is 5.18. The van der Waals surface area contributed by atoms with Crippen LogP contribution in [-0.2, 0) is 13.0 Å². The molecule has 1 amide bonds. The topological polar surface area (TPSA) is 76.0 Å². The summed E-state index contributed by atoms with van der Waals surface area (Å²) in [5.74, 6) is 0.790. The van der Waals surface area contributed by atoms with Crippen LogP contribution >= 0.6 is 0 Å². The van der Waals surface area contributed by atoms with Crippen molar-refractivity contribution in [3.8, 4) is 0 Å². The average Bonchev–Trinajstić information content (AvgIpc) is 3.17. The Labute approximate surface area is 173 Å². The predicted octanol–water partition coefficient (Wildman–Crippen LogP) is 2.64. The molecule has 0 radical (unpaired) electrons. The Morgan fingerprint density at radius 1 is 1.07 bits per heavy atom. The van der Waals surface area contributed by atoms with Gasteiger partial charge in [-0.05, 0) is 29.7 Å². The predicted molar refractivity (Wildman–Crippen MR) is 113 cm³/mol. The number of carbonyl (C=O) groups is 1. The molecule has 1 aromatic carbocycles. The van der Waals surface area contributed by atoms with Crippen LogP contribution in [0.3, 0.4) is 0 Å². The van der Waals surface area contributed by atoms with E-state index in [4.69, 9.17) is 0 Å². The number of nitrogens with zero attached hydrogens (tertiary/aromatic N) is 2. The fourth-order valence-electron chi connectivity index (χ4n) is 3.76. The van der Waals surface area contributed by atoms with E-state index in [0.717, 1.165) is 33.4 Å². The van der Waals surface area contributed by atoms with Gasteiger partial charge >= 0.3 is 0 Å². The first kappa shape index (κ1) is 18.0. The van der Waals surface area contributed by atoms with E-state index in [2.05, 4.69) is 26.3 Å². The van der Waals surface area contributed by atoms with Crippen molar-refractivity contribution in [2.24, 2.45) is 0 Å². The van der Waals surface area contributed by atoms with E-state index < -0.39 is 0 Å². The minimum atomic E-state index is -0.153. The van der Waals surface area contributed by atoms with Gasteiger partial charge in [0.25, 0.3) is 11.7 Å². The molecule has 0 fully saturated rings. The molecule has 0 spiro atoms. The highest BCUT2D eigenvalue weighted by Crippen LogP contribution is 2.16. The highest BCUT2D eigenvalue weighted by molar-refractivity contribution is 5.98. The third kappa shape index (κ3) is 3.39. The van der Waals surface area contributed by atoms with Crippen molar-refractivity contribution in [3.05, 3.63) is 108 Å². The molecule has 4 aromatic heterocycles. The number of pyridine rings is 3. The number of amides is 1. The van der Waals surface area contributed by atoms with Crippen LogP contribution in [0.5, 0.6) is 0 Å². The number of rotatable bonds is 5. The minimum absolute atomic E-state index is 0.153. The Morgan fingerprint density at radius 2 is 1.97 bits per heavy atom. The lowest BCUT2D eigenvalue weighted by Crippen LogP contribution is -2.26. The highest BCUT2D eigenvalue weighted by Gasteiger charge is 2.24. The Bertz CT molecular complexity index is 1340. The monoisotopic (exact) mass is 395 g/mol. The maximum absolute atomic E-state index is 13.0. The van der Waals surface area contributed by atoms with E-state index >= 15 is 0 Å². The maximum Gasteiger partial charge on any atom is 0.295 e. The lowest BCUT2D eigenvalue weighted by atomic mass is 10.1. The highest BCUT2D eigenvalue weighted by atomic mass is 16.1. The SMILES string of the molecule is O=C(NCc1nccc2ccccc12)c1[nH]c(Cc2ccc[nH+]c2)[n+]2ccccc12. The molecule has 6 heteroatoms. The summed E-state index contributed by atoms with van der Waals surface area (Å²) in [6, 6.07) is 19.9. The molecule has 0 aliphatic carbocycles. The third-order valence-electron chi connectivity index (χ3n) is 5.22. The van der Waals surface area contributed by atoms with Crippen molar-refractivity contribution >= 4 is 22.2 Å². The number of benzene rings is 1. The third-order valence-corrected chi connectivity index (χ3v) is 5.22. The number of aromatic nitrogens is 4. The fourth-order valence-corrected chi connectivity index (χ4v) is 3.76. The molecule has 30 heavy (non-hydrogen) atoms. The minimum Gasteiger partial charge on any atom is -0.343 e. The molecule has 6 nitrogen and oxygen atoms in total. The molecular formula is C24H21N5O+2. The smallest absolute Gasteiger partial charge is 0.295 e. The zero-order chi connectivity index (χ0) is 20.3. The summed E-state index contributed by atoms with van der Waals surface area (Å²) >= 11 is 0. The molecule has 5 rings (SSSR count). The number of fused-ring (bicyclic) bond motifs is 2. The molecule has 0 bridgehead atoms. The number of hydrogen-bond acceptors (Lipinski definition) is 2. The van der Waals surface area contributed by atoms with Gasteiger partial charge in [0.2, 0.25) is 5.69 Å². The van der Waals surface area contributed by atoms with Crippen molar-refractivity contribution in [2.75, 3.05) is 0 Å². The van der Waals surface area contributed by atoms with E-state index in [1.165, 1.54) is 0 Å². The van der Waals surface area contributed by atoms with Crippen LogP contribution in [0, 0.1) is 0 Å².